The van der Waals surface area contributed by atoms with Gasteiger partial charge in [0.25, 0.3) is 0 Å². The smallest absolute Gasteiger partial charge is 0.160 e. The first-order chi connectivity index (χ1) is 14.7. The molecule has 5 heteroatoms. The summed E-state index contributed by atoms with van der Waals surface area (Å²) >= 11 is 0. The molecule has 0 aliphatic carbocycles. The van der Waals surface area contributed by atoms with Crippen LogP contribution in [-0.2, 0) is 9.68 Å². The van der Waals surface area contributed by atoms with Crippen LogP contribution in [0, 0.1) is 0 Å². The van der Waals surface area contributed by atoms with E-state index in [0.717, 1.165) is 12.8 Å². The number of nitrogens with zero attached hydrogens (tertiary/aromatic N) is 1. The fourth-order valence-electron chi connectivity index (χ4n) is 3.87. The SMILES string of the molecule is C=CC[N+](CCCCCCCCCCCCCCCCCC)(OCCO)OCCO. The van der Waals surface area contributed by atoms with Crippen molar-refractivity contribution >= 4 is 0 Å². The van der Waals surface area contributed by atoms with Crippen molar-refractivity contribution in [3.8, 4) is 0 Å². The van der Waals surface area contributed by atoms with Gasteiger partial charge in [-0.05, 0) is 17.3 Å². The van der Waals surface area contributed by atoms with Crippen LogP contribution in [0.4, 0.5) is 0 Å². The monoisotopic (exact) mass is 430 g/mol. The minimum absolute atomic E-state index is 0.0107. The Bertz CT molecular complexity index is 344. The number of hydrogen-bond donors (Lipinski definition) is 2. The highest BCUT2D eigenvalue weighted by Gasteiger charge is 2.30. The molecule has 180 valence electrons. The van der Waals surface area contributed by atoms with Gasteiger partial charge < -0.3 is 10.2 Å². The first kappa shape index (κ1) is 29.5. The second kappa shape index (κ2) is 23.2. The summed E-state index contributed by atoms with van der Waals surface area (Å²) in [5, 5.41) is 18.1. The average Bonchev–Trinajstić information content (AvgIpc) is 2.76. The van der Waals surface area contributed by atoms with E-state index in [1.54, 1.807) is 6.08 Å². The van der Waals surface area contributed by atoms with Gasteiger partial charge in [-0.1, -0.05) is 103 Å². The first-order valence-corrected chi connectivity index (χ1v) is 12.7. The van der Waals surface area contributed by atoms with Crippen molar-refractivity contribution in [3.05, 3.63) is 12.7 Å². The lowest BCUT2D eigenvalue weighted by atomic mass is 10.0. The van der Waals surface area contributed by atoms with Crippen LogP contribution in [0.25, 0.3) is 0 Å². The van der Waals surface area contributed by atoms with Crippen LogP contribution in [0.15, 0.2) is 12.7 Å². The molecule has 5 nitrogen and oxygen atoms in total. The van der Waals surface area contributed by atoms with Crippen LogP contribution in [0.1, 0.15) is 110 Å². The van der Waals surface area contributed by atoms with Gasteiger partial charge in [0, 0.05) is 6.42 Å². The maximum atomic E-state index is 9.07. The van der Waals surface area contributed by atoms with Crippen LogP contribution < -0.4 is 0 Å². The molecule has 30 heavy (non-hydrogen) atoms. The Balaban J connectivity index is 3.63. The molecule has 0 radical (unpaired) electrons. The van der Waals surface area contributed by atoms with Crippen LogP contribution in [0.3, 0.4) is 0 Å². The normalized spacial score (nSPS) is 11.8. The molecule has 0 bridgehead atoms. The summed E-state index contributed by atoms with van der Waals surface area (Å²) < 4.78 is 0. The van der Waals surface area contributed by atoms with Gasteiger partial charge >= 0.3 is 0 Å². The van der Waals surface area contributed by atoms with Crippen molar-refractivity contribution in [2.24, 2.45) is 0 Å². The number of hydrogen-bond acceptors (Lipinski definition) is 4. The van der Waals surface area contributed by atoms with Gasteiger partial charge in [-0.3, -0.25) is 0 Å². The Kier molecular flexibility index (Phi) is 22.9. The van der Waals surface area contributed by atoms with Crippen LogP contribution in [-0.4, -0.2) is 54.5 Å². The Hall–Kier alpha value is -0.460. The minimum Gasteiger partial charge on any atom is -0.394 e. The standard InChI is InChI=1S/C25H52NO4/c1-3-5-6-7-8-9-10-11-12-13-14-15-16-17-18-19-21-26(20-4-2,29-24-22-27)30-25-23-28/h4,27-28H,2-3,5-25H2,1H3/q+1. The summed E-state index contributed by atoms with van der Waals surface area (Å²) in [5.41, 5.74) is 0. The molecule has 0 aliphatic rings. The Morgan fingerprint density at radius 2 is 1.00 bits per heavy atom. The van der Waals surface area contributed by atoms with E-state index in [1.165, 1.54) is 89.9 Å². The Labute approximate surface area is 187 Å². The second-order valence-electron chi connectivity index (χ2n) is 8.43. The van der Waals surface area contributed by atoms with Crippen molar-refractivity contribution < 1.29 is 24.7 Å². The third-order valence-corrected chi connectivity index (χ3v) is 5.60. The van der Waals surface area contributed by atoms with Crippen LogP contribution in [0.2, 0.25) is 0 Å². The third-order valence-electron chi connectivity index (χ3n) is 5.60. The molecule has 0 saturated carbocycles. The number of quaternary nitrogens is 1. The van der Waals surface area contributed by atoms with Gasteiger partial charge in [-0.2, -0.15) is 9.68 Å². The predicted octanol–water partition coefficient (Wildman–Crippen LogP) is 6.10. The predicted molar refractivity (Wildman–Crippen MR) is 126 cm³/mol. The zero-order valence-corrected chi connectivity index (χ0v) is 20.0. The zero-order chi connectivity index (χ0) is 22.2. The van der Waals surface area contributed by atoms with Gasteiger partial charge in [0.1, 0.15) is 19.8 Å². The highest BCUT2D eigenvalue weighted by atomic mass is 17.0. The molecule has 0 heterocycles. The van der Waals surface area contributed by atoms with Crippen LogP contribution >= 0.6 is 0 Å². The van der Waals surface area contributed by atoms with E-state index in [1.807, 2.05) is 0 Å². The van der Waals surface area contributed by atoms with Gasteiger partial charge in [0.2, 0.25) is 0 Å². The van der Waals surface area contributed by atoms with Crippen molar-refractivity contribution in [2.75, 3.05) is 39.5 Å². The molecule has 0 amide bonds. The summed E-state index contributed by atoms with van der Waals surface area (Å²) in [4.78, 5) is 11.4. The molecule has 0 aromatic heterocycles. The van der Waals surface area contributed by atoms with E-state index in [9.17, 15) is 0 Å². The summed E-state index contributed by atoms with van der Waals surface area (Å²) in [7, 11) is 0. The van der Waals surface area contributed by atoms with Crippen molar-refractivity contribution in [1.82, 2.24) is 0 Å². The number of unbranched alkanes of at least 4 members (excludes halogenated alkanes) is 15. The minimum atomic E-state index is -0.0431. The number of rotatable bonds is 25. The van der Waals surface area contributed by atoms with Crippen molar-refractivity contribution in [2.45, 2.75) is 110 Å². The second-order valence-corrected chi connectivity index (χ2v) is 8.43. The molecule has 0 unspecified atom stereocenters. The fourth-order valence-corrected chi connectivity index (χ4v) is 3.87. The quantitative estimate of drug-likeness (QED) is 0.0795. The highest BCUT2D eigenvalue weighted by molar-refractivity contribution is 4.63. The first-order valence-electron chi connectivity index (χ1n) is 12.7. The molecule has 0 saturated heterocycles. The largest absolute Gasteiger partial charge is 0.394 e. The van der Waals surface area contributed by atoms with Crippen molar-refractivity contribution in [3.63, 3.8) is 0 Å². The number of hydroxylamine groups is 4. The topological polar surface area (TPSA) is 58.9 Å². The lowest BCUT2D eigenvalue weighted by molar-refractivity contribution is -1.24. The van der Waals surface area contributed by atoms with E-state index >= 15 is 0 Å². The molecular weight excluding hydrogens is 378 g/mol. The summed E-state index contributed by atoms with van der Waals surface area (Å²) in [5.74, 6) is 0. The van der Waals surface area contributed by atoms with E-state index in [2.05, 4.69) is 13.5 Å². The average molecular weight is 431 g/mol. The Morgan fingerprint density at radius 3 is 1.33 bits per heavy atom. The van der Waals surface area contributed by atoms with Gasteiger partial charge in [0.05, 0.1) is 13.2 Å². The van der Waals surface area contributed by atoms with Gasteiger partial charge in [-0.25, -0.2) is 0 Å². The molecule has 0 fully saturated rings. The van der Waals surface area contributed by atoms with E-state index in [-0.39, 0.29) is 31.2 Å². The number of aliphatic hydroxyl groups excluding tert-OH is 2. The molecule has 0 spiro atoms. The summed E-state index contributed by atoms with van der Waals surface area (Å²) in [6, 6.07) is 0. The van der Waals surface area contributed by atoms with Gasteiger partial charge in [0.15, 0.2) is 6.54 Å². The highest BCUT2D eigenvalue weighted by Crippen LogP contribution is 2.16. The molecular formula is C25H52NO4+. The maximum absolute atomic E-state index is 9.07. The van der Waals surface area contributed by atoms with Gasteiger partial charge in [-0.15, -0.1) is 0 Å². The third kappa shape index (κ3) is 18.3. The lowest BCUT2D eigenvalue weighted by Crippen LogP contribution is -2.49. The molecule has 0 aromatic rings. The summed E-state index contributed by atoms with van der Waals surface area (Å²) in [6.45, 7) is 7.64. The molecule has 0 aromatic carbocycles. The molecule has 0 rings (SSSR count). The van der Waals surface area contributed by atoms with Crippen LogP contribution in [0.5, 0.6) is 0 Å². The van der Waals surface area contributed by atoms with E-state index in [4.69, 9.17) is 19.9 Å². The Morgan fingerprint density at radius 1 is 0.633 bits per heavy atom. The van der Waals surface area contributed by atoms with E-state index < -0.39 is 0 Å². The maximum Gasteiger partial charge on any atom is 0.160 e. The molecule has 0 atom stereocenters. The van der Waals surface area contributed by atoms with E-state index in [0.29, 0.717) is 13.1 Å². The zero-order valence-electron chi connectivity index (χ0n) is 20.0. The fraction of sp³-hybridized carbons (Fsp3) is 0.920. The lowest BCUT2D eigenvalue weighted by Gasteiger charge is -2.31. The molecule has 2 N–H and O–H groups in total. The number of aliphatic hydroxyl groups is 2. The summed E-state index contributed by atoms with van der Waals surface area (Å²) in [6.07, 6.45) is 23.3. The molecule has 0 aliphatic heterocycles. The van der Waals surface area contributed by atoms with Crippen molar-refractivity contribution in [1.29, 1.82) is 0 Å².